The molecule has 0 aliphatic heterocycles. The van der Waals surface area contributed by atoms with Crippen LogP contribution in [0.5, 0.6) is 11.5 Å². The quantitative estimate of drug-likeness (QED) is 0.138. The largest absolute Gasteiger partial charge is 0.507 e. The van der Waals surface area contributed by atoms with Gasteiger partial charge in [-0.05, 0) is 88.9 Å². The molecule has 1 atom stereocenters. The van der Waals surface area contributed by atoms with Gasteiger partial charge in [-0.1, -0.05) is 146 Å². The van der Waals surface area contributed by atoms with Crippen molar-refractivity contribution in [1.82, 2.24) is 0 Å². The first kappa shape index (κ1) is 31.3. The number of rotatable bonds is 5. The third-order valence-corrected chi connectivity index (χ3v) is 10.9. The molecule has 252 valence electrons. The Morgan fingerprint density at radius 3 is 1.08 bits per heavy atom. The molecule has 1 unspecified atom stereocenters. The fraction of sp³-hybridized carbons (Fsp3) is 0. The number of benzene rings is 10. The number of fused-ring (bicyclic) bond motifs is 6. The Bertz CT molecular complexity index is 3040. The zero-order chi connectivity index (χ0) is 35.6. The molecule has 53 heavy (non-hydrogen) atoms. The van der Waals surface area contributed by atoms with Gasteiger partial charge in [0, 0.05) is 33.4 Å². The van der Waals surface area contributed by atoms with E-state index < -0.39 is 8.25 Å². The second-order valence-corrected chi connectivity index (χ2v) is 14.2. The van der Waals surface area contributed by atoms with Gasteiger partial charge in [-0.3, -0.25) is 0 Å². The summed E-state index contributed by atoms with van der Waals surface area (Å²) in [5.41, 5.74) is 4.24. The van der Waals surface area contributed by atoms with E-state index >= 15 is 0 Å². The van der Waals surface area contributed by atoms with Crippen molar-refractivity contribution in [3.05, 3.63) is 170 Å². The zero-order valence-corrected chi connectivity index (χ0v) is 29.4. The molecule has 4 nitrogen and oxygen atoms in total. The number of hydrogen-bond donors (Lipinski definition) is 2. The SMILES string of the molecule is O=[PH](O)Oc1c(-c2c3ccccc3cc3ccccc23)cc2ccccc2c1-c1c(O)c(-c2c3ccccc3cc3ccccc23)cc2ccccc12. The van der Waals surface area contributed by atoms with Gasteiger partial charge in [0.1, 0.15) is 11.5 Å². The van der Waals surface area contributed by atoms with E-state index in [0.717, 1.165) is 75.8 Å². The summed E-state index contributed by atoms with van der Waals surface area (Å²) in [5, 5.41) is 24.6. The minimum Gasteiger partial charge on any atom is -0.507 e. The van der Waals surface area contributed by atoms with Crippen LogP contribution < -0.4 is 4.52 Å². The van der Waals surface area contributed by atoms with Gasteiger partial charge in [0.25, 0.3) is 0 Å². The Kier molecular flexibility index (Phi) is 7.29. The van der Waals surface area contributed by atoms with Crippen LogP contribution in [0.4, 0.5) is 0 Å². The molecule has 10 aromatic rings. The fourth-order valence-electron chi connectivity index (χ4n) is 8.34. The molecular weight excluding hydrogens is 671 g/mol. The molecule has 0 radical (unpaired) electrons. The minimum atomic E-state index is -3.53. The van der Waals surface area contributed by atoms with E-state index in [4.69, 9.17) is 4.52 Å². The molecule has 0 spiro atoms. The Morgan fingerprint density at radius 1 is 0.377 bits per heavy atom. The molecular formula is C48H31O4P. The molecule has 0 bridgehead atoms. The predicted octanol–water partition coefficient (Wildman–Crippen LogP) is 13.1. The lowest BCUT2D eigenvalue weighted by Gasteiger charge is -2.23. The standard InChI is InChI=1S/C48H31O4P/c49-47-41(43-35-19-7-1-13-29(35)25-30-14-2-8-20-36(30)43)27-33-17-5-11-23-39(33)45(47)46-40-24-12-6-18-34(40)28-42(48(46)52-53(50)51)44-37-21-9-3-15-31(37)26-32-16-4-10-22-38(32)44/h1-28,49,53H,(H,50,51). The summed E-state index contributed by atoms with van der Waals surface area (Å²) in [6.07, 6.45) is 0. The van der Waals surface area contributed by atoms with Gasteiger partial charge in [-0.15, -0.1) is 0 Å². The minimum absolute atomic E-state index is 0.0674. The maximum absolute atomic E-state index is 13.0. The first-order valence-electron chi connectivity index (χ1n) is 17.6. The van der Waals surface area contributed by atoms with Gasteiger partial charge in [0.15, 0.2) is 0 Å². The van der Waals surface area contributed by atoms with Crippen LogP contribution in [0.25, 0.3) is 98.0 Å². The summed E-state index contributed by atoms with van der Waals surface area (Å²) in [7, 11) is -3.53. The van der Waals surface area contributed by atoms with Crippen LogP contribution in [0.3, 0.4) is 0 Å². The highest BCUT2D eigenvalue weighted by Crippen LogP contribution is 2.55. The monoisotopic (exact) mass is 702 g/mol. The lowest BCUT2D eigenvalue weighted by molar-refractivity contribution is 0.411. The second-order valence-electron chi connectivity index (χ2n) is 13.5. The van der Waals surface area contributed by atoms with Crippen molar-refractivity contribution in [3.63, 3.8) is 0 Å². The molecule has 0 fully saturated rings. The Balaban J connectivity index is 1.42. The number of aromatic hydroxyl groups is 1. The molecule has 5 heteroatoms. The van der Waals surface area contributed by atoms with Gasteiger partial charge in [-0.2, -0.15) is 0 Å². The molecule has 0 aromatic heterocycles. The Labute approximate surface area is 305 Å². The van der Waals surface area contributed by atoms with Crippen LogP contribution in [0.1, 0.15) is 0 Å². The molecule has 0 saturated heterocycles. The number of hydrogen-bond acceptors (Lipinski definition) is 3. The van der Waals surface area contributed by atoms with Crippen molar-refractivity contribution in [1.29, 1.82) is 0 Å². The summed E-state index contributed by atoms with van der Waals surface area (Å²) < 4.78 is 19.2. The van der Waals surface area contributed by atoms with E-state index in [1.165, 1.54) is 0 Å². The Hall–Kier alpha value is -6.45. The molecule has 0 saturated carbocycles. The second kappa shape index (κ2) is 12.4. The van der Waals surface area contributed by atoms with E-state index in [1.807, 2.05) is 91.0 Å². The third kappa shape index (κ3) is 4.99. The lowest BCUT2D eigenvalue weighted by atomic mass is 9.83. The van der Waals surface area contributed by atoms with E-state index in [0.29, 0.717) is 22.3 Å². The van der Waals surface area contributed by atoms with E-state index in [-0.39, 0.29) is 11.5 Å². The van der Waals surface area contributed by atoms with Gasteiger partial charge >= 0.3 is 8.25 Å². The first-order valence-corrected chi connectivity index (χ1v) is 18.8. The highest BCUT2D eigenvalue weighted by molar-refractivity contribution is 7.32. The average Bonchev–Trinajstić information content (AvgIpc) is 3.19. The van der Waals surface area contributed by atoms with Crippen LogP contribution >= 0.6 is 8.25 Å². The van der Waals surface area contributed by atoms with Crippen LogP contribution in [0, 0.1) is 0 Å². The molecule has 10 rings (SSSR count). The van der Waals surface area contributed by atoms with Crippen molar-refractivity contribution in [3.8, 4) is 44.9 Å². The van der Waals surface area contributed by atoms with E-state index in [1.54, 1.807) is 0 Å². The van der Waals surface area contributed by atoms with Crippen molar-refractivity contribution in [2.45, 2.75) is 0 Å². The smallest absolute Gasteiger partial charge is 0.365 e. The van der Waals surface area contributed by atoms with Gasteiger partial charge in [-0.25, -0.2) is 4.57 Å². The predicted molar refractivity (Wildman–Crippen MR) is 221 cm³/mol. The zero-order valence-electron chi connectivity index (χ0n) is 28.4. The summed E-state index contributed by atoms with van der Waals surface area (Å²) in [5.74, 6) is 0.315. The van der Waals surface area contributed by atoms with E-state index in [2.05, 4.69) is 78.9 Å². The van der Waals surface area contributed by atoms with Crippen molar-refractivity contribution in [2.75, 3.05) is 0 Å². The van der Waals surface area contributed by atoms with Gasteiger partial charge < -0.3 is 14.5 Å². The number of phenols is 1. The molecule has 10 aromatic carbocycles. The average molecular weight is 703 g/mol. The topological polar surface area (TPSA) is 66.8 Å². The molecule has 2 N–H and O–H groups in total. The maximum Gasteiger partial charge on any atom is 0.365 e. The van der Waals surface area contributed by atoms with Crippen molar-refractivity contribution >= 4 is 72.9 Å². The Morgan fingerprint density at radius 2 is 0.679 bits per heavy atom. The first-order chi connectivity index (χ1) is 26.0. The van der Waals surface area contributed by atoms with Crippen LogP contribution in [-0.2, 0) is 4.57 Å². The highest BCUT2D eigenvalue weighted by atomic mass is 31.1. The normalized spacial score (nSPS) is 12.3. The lowest BCUT2D eigenvalue weighted by Crippen LogP contribution is -1.97. The molecule has 0 amide bonds. The van der Waals surface area contributed by atoms with Crippen LogP contribution in [-0.4, -0.2) is 10.00 Å². The summed E-state index contributed by atoms with van der Waals surface area (Å²) in [4.78, 5) is 10.7. The van der Waals surface area contributed by atoms with Crippen molar-refractivity contribution < 1.29 is 19.1 Å². The van der Waals surface area contributed by atoms with Gasteiger partial charge in [0.05, 0.1) is 0 Å². The summed E-state index contributed by atoms with van der Waals surface area (Å²) in [6.45, 7) is 0. The highest BCUT2D eigenvalue weighted by Gasteiger charge is 2.27. The van der Waals surface area contributed by atoms with E-state index in [9.17, 15) is 14.6 Å². The summed E-state index contributed by atoms with van der Waals surface area (Å²) >= 11 is 0. The maximum atomic E-state index is 13.0. The van der Waals surface area contributed by atoms with Gasteiger partial charge in [0.2, 0.25) is 0 Å². The van der Waals surface area contributed by atoms with Crippen LogP contribution in [0.2, 0.25) is 0 Å². The molecule has 0 aliphatic carbocycles. The van der Waals surface area contributed by atoms with Crippen molar-refractivity contribution in [2.24, 2.45) is 0 Å². The number of phenolic OH excluding ortho intramolecular Hbond substituents is 1. The third-order valence-electron chi connectivity index (χ3n) is 10.5. The summed E-state index contributed by atoms with van der Waals surface area (Å²) in [6, 6.07) is 57.3. The molecule has 0 aliphatic rings. The van der Waals surface area contributed by atoms with Crippen LogP contribution in [0.15, 0.2) is 170 Å². The fourth-order valence-corrected chi connectivity index (χ4v) is 8.73. The molecule has 0 heterocycles.